The Morgan fingerprint density at radius 3 is 2.43 bits per heavy atom. The van der Waals surface area contributed by atoms with Gasteiger partial charge in [0, 0.05) is 11.8 Å². The molecule has 1 atom stereocenters. The summed E-state index contributed by atoms with van der Waals surface area (Å²) in [4.78, 5) is 12.0. The highest BCUT2D eigenvalue weighted by Crippen LogP contribution is 2.23. The number of carbonyl (C=O) groups is 1. The van der Waals surface area contributed by atoms with Gasteiger partial charge in [-0.3, -0.25) is 4.79 Å². The lowest BCUT2D eigenvalue weighted by Crippen LogP contribution is -2.07. The van der Waals surface area contributed by atoms with Gasteiger partial charge in [-0.25, -0.2) is 0 Å². The van der Waals surface area contributed by atoms with Crippen LogP contribution in [0, 0.1) is 0 Å². The van der Waals surface area contributed by atoms with E-state index >= 15 is 0 Å². The lowest BCUT2D eigenvalue weighted by Gasteiger charge is -2.09. The van der Waals surface area contributed by atoms with Crippen LogP contribution in [0.1, 0.15) is 37.3 Å². The molecule has 120 valence electrons. The zero-order chi connectivity index (χ0) is 16.8. The van der Waals surface area contributed by atoms with Crippen molar-refractivity contribution in [3.05, 3.63) is 69.7 Å². The Labute approximate surface area is 147 Å². The van der Waals surface area contributed by atoms with Crippen LogP contribution in [0.3, 0.4) is 0 Å². The number of anilines is 1. The van der Waals surface area contributed by atoms with Crippen LogP contribution in [0.4, 0.5) is 5.69 Å². The first kappa shape index (κ1) is 17.6. The second-order valence-corrected chi connectivity index (χ2v) is 6.24. The number of carbonyl (C=O) groups excluding carboxylic acids is 1. The predicted octanol–water partition coefficient (Wildman–Crippen LogP) is 6.16. The van der Waals surface area contributed by atoms with Gasteiger partial charge < -0.3 is 5.32 Å². The number of rotatable bonds is 5. The summed E-state index contributed by atoms with van der Waals surface area (Å²) in [5, 5.41) is 3.80. The van der Waals surface area contributed by atoms with Gasteiger partial charge in [-0.15, -0.1) is 0 Å². The molecule has 1 N–H and O–H groups in total. The first-order valence-corrected chi connectivity index (χ1v) is 8.29. The minimum atomic E-state index is -0.188. The van der Waals surface area contributed by atoms with E-state index in [1.807, 2.05) is 24.3 Å². The maximum Gasteiger partial charge on any atom is 0.248 e. The van der Waals surface area contributed by atoms with Crippen molar-refractivity contribution in [2.45, 2.75) is 26.2 Å². The molecule has 0 fully saturated rings. The fourth-order valence-electron chi connectivity index (χ4n) is 2.10. The van der Waals surface area contributed by atoms with E-state index in [1.54, 1.807) is 24.3 Å². The highest BCUT2D eigenvalue weighted by molar-refractivity contribution is 6.42. The van der Waals surface area contributed by atoms with Gasteiger partial charge in [0.2, 0.25) is 5.91 Å². The summed E-state index contributed by atoms with van der Waals surface area (Å²) in [5.74, 6) is 0.335. The third kappa shape index (κ3) is 5.12. The molecule has 1 amide bonds. The molecule has 0 saturated heterocycles. The Balaban J connectivity index is 1.98. The molecule has 0 aliphatic carbocycles. The third-order valence-electron chi connectivity index (χ3n) is 3.73. The Kier molecular flexibility index (Phi) is 6.26. The Hall–Kier alpha value is -1.77. The van der Waals surface area contributed by atoms with Crippen LogP contribution in [0.15, 0.2) is 48.5 Å². The summed E-state index contributed by atoms with van der Waals surface area (Å²) in [6.07, 6.45) is 4.27. The molecule has 4 heteroatoms. The number of nitrogens with one attached hydrogen (secondary N) is 1. The molecule has 0 heterocycles. The molecule has 0 aliphatic rings. The lowest BCUT2D eigenvalue weighted by molar-refractivity contribution is -0.111. The molecule has 2 nitrogen and oxygen atoms in total. The van der Waals surface area contributed by atoms with Gasteiger partial charge in [0.1, 0.15) is 0 Å². The van der Waals surface area contributed by atoms with Crippen molar-refractivity contribution in [2.24, 2.45) is 0 Å². The molecule has 2 rings (SSSR count). The van der Waals surface area contributed by atoms with E-state index in [4.69, 9.17) is 23.2 Å². The second kappa shape index (κ2) is 8.19. The average Bonchev–Trinajstić information content (AvgIpc) is 2.56. The minimum Gasteiger partial charge on any atom is -0.323 e. The predicted molar refractivity (Wildman–Crippen MR) is 99.3 cm³/mol. The third-order valence-corrected chi connectivity index (χ3v) is 4.47. The molecule has 2 aromatic rings. The van der Waals surface area contributed by atoms with Crippen molar-refractivity contribution in [3.63, 3.8) is 0 Å². The fourth-order valence-corrected chi connectivity index (χ4v) is 2.41. The highest BCUT2D eigenvalue weighted by atomic mass is 35.5. The monoisotopic (exact) mass is 347 g/mol. The topological polar surface area (TPSA) is 29.1 Å². The summed E-state index contributed by atoms with van der Waals surface area (Å²) >= 11 is 11.8. The average molecular weight is 348 g/mol. The minimum absolute atomic E-state index is 0.188. The van der Waals surface area contributed by atoms with Gasteiger partial charge in [-0.1, -0.05) is 55.2 Å². The van der Waals surface area contributed by atoms with Crippen LogP contribution < -0.4 is 5.32 Å². The Bertz CT molecular complexity index is 708. The van der Waals surface area contributed by atoms with E-state index in [9.17, 15) is 4.79 Å². The standard InChI is InChI=1S/C19H19Cl2NO/c1-3-13(2)15-6-8-16(9-7-15)22-19(23)11-5-14-4-10-17(20)18(21)12-14/h4-13H,3H2,1-2H3,(H,22,23)/b11-5+/t13-/m0/s1. The quantitative estimate of drug-likeness (QED) is 0.644. The van der Waals surface area contributed by atoms with Crippen molar-refractivity contribution in [1.82, 2.24) is 0 Å². The summed E-state index contributed by atoms with van der Waals surface area (Å²) < 4.78 is 0. The van der Waals surface area contributed by atoms with Crippen LogP contribution in [0.25, 0.3) is 6.08 Å². The fraction of sp³-hybridized carbons (Fsp3) is 0.211. The van der Waals surface area contributed by atoms with E-state index in [0.29, 0.717) is 16.0 Å². The summed E-state index contributed by atoms with van der Waals surface area (Å²) in [6.45, 7) is 4.35. The van der Waals surface area contributed by atoms with Gasteiger partial charge in [0.05, 0.1) is 10.0 Å². The SMILES string of the molecule is CC[C@H](C)c1ccc(NC(=O)/C=C/c2ccc(Cl)c(Cl)c2)cc1. The molecule has 0 unspecified atom stereocenters. The van der Waals surface area contributed by atoms with E-state index in [2.05, 4.69) is 19.2 Å². The number of amides is 1. The highest BCUT2D eigenvalue weighted by Gasteiger charge is 2.03. The molecule has 2 aromatic carbocycles. The molecule has 0 aromatic heterocycles. The van der Waals surface area contributed by atoms with E-state index < -0.39 is 0 Å². The maximum absolute atomic E-state index is 12.0. The largest absolute Gasteiger partial charge is 0.323 e. The van der Waals surface area contributed by atoms with Crippen molar-refractivity contribution in [2.75, 3.05) is 5.32 Å². The van der Waals surface area contributed by atoms with E-state index in [0.717, 1.165) is 17.7 Å². The molecule has 0 aliphatic heterocycles. The van der Waals surface area contributed by atoms with Gasteiger partial charge in [0.25, 0.3) is 0 Å². The molecule has 0 radical (unpaired) electrons. The van der Waals surface area contributed by atoms with Crippen LogP contribution in [-0.4, -0.2) is 5.91 Å². The molecular formula is C19H19Cl2NO. The smallest absolute Gasteiger partial charge is 0.248 e. The zero-order valence-corrected chi connectivity index (χ0v) is 14.7. The number of halogens is 2. The number of hydrogen-bond acceptors (Lipinski definition) is 1. The second-order valence-electron chi connectivity index (χ2n) is 5.43. The molecule has 0 saturated carbocycles. The van der Waals surface area contributed by atoms with Crippen molar-refractivity contribution in [1.29, 1.82) is 0 Å². The van der Waals surface area contributed by atoms with Crippen LogP contribution in [0.5, 0.6) is 0 Å². The molecule has 0 bridgehead atoms. The van der Waals surface area contributed by atoms with Gasteiger partial charge >= 0.3 is 0 Å². The van der Waals surface area contributed by atoms with E-state index in [1.165, 1.54) is 11.6 Å². The van der Waals surface area contributed by atoms with Crippen molar-refractivity contribution >= 4 is 40.9 Å². The van der Waals surface area contributed by atoms with Gasteiger partial charge in [-0.05, 0) is 53.8 Å². The van der Waals surface area contributed by atoms with Gasteiger partial charge in [-0.2, -0.15) is 0 Å². The van der Waals surface area contributed by atoms with Gasteiger partial charge in [0.15, 0.2) is 0 Å². The maximum atomic E-state index is 12.0. The zero-order valence-electron chi connectivity index (χ0n) is 13.1. The summed E-state index contributed by atoms with van der Waals surface area (Å²) in [7, 11) is 0. The molecule has 23 heavy (non-hydrogen) atoms. The number of hydrogen-bond donors (Lipinski definition) is 1. The molecular weight excluding hydrogens is 329 g/mol. The Morgan fingerprint density at radius 1 is 1.13 bits per heavy atom. The van der Waals surface area contributed by atoms with Crippen molar-refractivity contribution in [3.8, 4) is 0 Å². The molecule has 0 spiro atoms. The normalized spacial score (nSPS) is 12.3. The van der Waals surface area contributed by atoms with Crippen molar-refractivity contribution < 1.29 is 4.79 Å². The van der Waals surface area contributed by atoms with Crippen LogP contribution in [-0.2, 0) is 4.79 Å². The van der Waals surface area contributed by atoms with Crippen LogP contribution in [0.2, 0.25) is 10.0 Å². The summed E-state index contributed by atoms with van der Waals surface area (Å²) in [6, 6.07) is 13.2. The van der Waals surface area contributed by atoms with Crippen LogP contribution >= 0.6 is 23.2 Å². The van der Waals surface area contributed by atoms with E-state index in [-0.39, 0.29) is 5.91 Å². The summed E-state index contributed by atoms with van der Waals surface area (Å²) in [5.41, 5.74) is 2.87. The first-order chi connectivity index (χ1) is 11.0. The number of benzene rings is 2. The Morgan fingerprint density at radius 2 is 1.83 bits per heavy atom. The first-order valence-electron chi connectivity index (χ1n) is 7.53. The lowest BCUT2D eigenvalue weighted by atomic mass is 9.99.